The first-order chi connectivity index (χ1) is 7.13. The molecule has 0 spiro atoms. The van der Waals surface area contributed by atoms with Crippen LogP contribution in [0.3, 0.4) is 0 Å². The predicted octanol–water partition coefficient (Wildman–Crippen LogP) is 1.24. The molecular formula is C9H11ClN4O. The number of nitrogens with one attached hydrogen (secondary N) is 2. The van der Waals surface area contributed by atoms with Crippen LogP contribution in [0, 0.1) is 0 Å². The number of nitrogens with zero attached hydrogens (tertiary/aromatic N) is 1. The summed E-state index contributed by atoms with van der Waals surface area (Å²) in [5.41, 5.74) is 5.66. The molecule has 2 amide bonds. The second-order valence-electron chi connectivity index (χ2n) is 2.79. The van der Waals surface area contributed by atoms with Gasteiger partial charge >= 0.3 is 6.03 Å². The highest BCUT2D eigenvalue weighted by Crippen LogP contribution is 2.09. The fourth-order valence-corrected chi connectivity index (χ4v) is 1.05. The van der Waals surface area contributed by atoms with Crippen LogP contribution in [0.15, 0.2) is 29.4 Å². The van der Waals surface area contributed by atoms with E-state index in [9.17, 15) is 4.79 Å². The summed E-state index contributed by atoms with van der Waals surface area (Å²) in [5, 5.41) is 4.48. The van der Waals surface area contributed by atoms with Crippen molar-refractivity contribution < 1.29 is 4.79 Å². The molecule has 6 heteroatoms. The quantitative estimate of drug-likeness (QED) is 0.307. The van der Waals surface area contributed by atoms with Crippen LogP contribution in [0.4, 0.5) is 4.79 Å². The molecule has 0 atom stereocenters. The average molecular weight is 227 g/mol. The van der Waals surface area contributed by atoms with Crippen LogP contribution in [0.5, 0.6) is 0 Å². The fraction of sp³-hybridized carbons (Fsp3) is 0.111. The largest absolute Gasteiger partial charge is 0.349 e. The number of hydrogen-bond acceptors (Lipinski definition) is 3. The Balaban J connectivity index is 2.71. The Morgan fingerprint density at radius 3 is 2.53 bits per heavy atom. The summed E-state index contributed by atoms with van der Waals surface area (Å²) >= 11 is 5.73. The number of carbonyl (C=O) groups is 1. The van der Waals surface area contributed by atoms with Crippen molar-refractivity contribution in [2.45, 2.75) is 6.92 Å². The number of urea groups is 1. The maximum absolute atomic E-state index is 10.7. The molecule has 0 unspecified atom stereocenters. The van der Waals surface area contributed by atoms with E-state index >= 15 is 0 Å². The lowest BCUT2D eigenvalue weighted by Gasteiger charge is -2.01. The summed E-state index contributed by atoms with van der Waals surface area (Å²) in [5.74, 6) is 4.87. The molecule has 0 saturated carbocycles. The highest BCUT2D eigenvalue weighted by molar-refractivity contribution is 6.30. The Bertz CT molecular complexity index is 374. The molecule has 4 N–H and O–H groups in total. The van der Waals surface area contributed by atoms with E-state index in [1.165, 1.54) is 0 Å². The standard InChI is InChI=1S/C9H11ClN4O/c1-6(13-14-9(15)12-11)7-2-4-8(10)5-3-7/h2-5H,11H2,1H3,(H2,12,14,15)/b13-6-. The number of hydrogen-bond donors (Lipinski definition) is 3. The van der Waals surface area contributed by atoms with Gasteiger partial charge < -0.3 is 0 Å². The first-order valence-corrected chi connectivity index (χ1v) is 4.58. The number of nitrogens with two attached hydrogens (primary N) is 1. The third kappa shape index (κ3) is 3.57. The summed E-state index contributed by atoms with van der Waals surface area (Å²) in [6.45, 7) is 1.76. The van der Waals surface area contributed by atoms with Crippen LogP contribution >= 0.6 is 11.6 Å². The van der Waals surface area contributed by atoms with E-state index in [2.05, 4.69) is 10.5 Å². The lowest BCUT2D eigenvalue weighted by atomic mass is 10.1. The summed E-state index contributed by atoms with van der Waals surface area (Å²) in [6, 6.07) is 6.55. The van der Waals surface area contributed by atoms with Gasteiger partial charge in [0.15, 0.2) is 0 Å². The Labute approximate surface area is 92.3 Å². The summed E-state index contributed by atoms with van der Waals surface area (Å²) in [6.07, 6.45) is 0. The molecule has 15 heavy (non-hydrogen) atoms. The Hall–Kier alpha value is -1.59. The average Bonchev–Trinajstić information content (AvgIpc) is 2.26. The zero-order valence-electron chi connectivity index (χ0n) is 8.12. The van der Waals surface area contributed by atoms with Crippen molar-refractivity contribution in [2.24, 2.45) is 10.9 Å². The second kappa shape index (κ2) is 5.33. The SMILES string of the molecule is C/C(=N/NC(=O)NN)c1ccc(Cl)cc1. The second-order valence-corrected chi connectivity index (χ2v) is 3.23. The van der Waals surface area contributed by atoms with Gasteiger partial charge in [0.1, 0.15) is 0 Å². The molecule has 0 saturated heterocycles. The van der Waals surface area contributed by atoms with Gasteiger partial charge in [-0.05, 0) is 24.6 Å². The topological polar surface area (TPSA) is 79.5 Å². The molecule has 1 aromatic rings. The van der Waals surface area contributed by atoms with Crippen LogP contribution in [-0.4, -0.2) is 11.7 Å². The molecule has 0 aromatic heterocycles. The Morgan fingerprint density at radius 2 is 2.00 bits per heavy atom. The predicted molar refractivity (Wildman–Crippen MR) is 59.5 cm³/mol. The van der Waals surface area contributed by atoms with Crippen LogP contribution in [0.25, 0.3) is 0 Å². The minimum absolute atomic E-state index is 0.566. The van der Waals surface area contributed by atoms with Crippen molar-refractivity contribution in [3.8, 4) is 0 Å². The number of hydrazone groups is 1. The van der Waals surface area contributed by atoms with E-state index in [0.29, 0.717) is 10.7 Å². The van der Waals surface area contributed by atoms with E-state index in [4.69, 9.17) is 17.4 Å². The number of carbonyl (C=O) groups excluding carboxylic acids is 1. The molecule has 0 aliphatic carbocycles. The fourth-order valence-electron chi connectivity index (χ4n) is 0.923. The smallest absolute Gasteiger partial charge is 0.274 e. The van der Waals surface area contributed by atoms with E-state index < -0.39 is 6.03 Å². The number of amides is 2. The van der Waals surface area contributed by atoms with E-state index in [1.54, 1.807) is 19.1 Å². The van der Waals surface area contributed by atoms with Gasteiger partial charge in [-0.25, -0.2) is 16.1 Å². The third-order valence-electron chi connectivity index (χ3n) is 1.72. The third-order valence-corrected chi connectivity index (χ3v) is 1.97. The van der Waals surface area contributed by atoms with Gasteiger partial charge in [0, 0.05) is 5.02 Å². The molecule has 0 aliphatic heterocycles. The van der Waals surface area contributed by atoms with Gasteiger partial charge in [-0.1, -0.05) is 23.7 Å². The maximum atomic E-state index is 10.7. The van der Waals surface area contributed by atoms with Crippen LogP contribution in [0.1, 0.15) is 12.5 Å². The van der Waals surface area contributed by atoms with Gasteiger partial charge in [0.25, 0.3) is 0 Å². The summed E-state index contributed by atoms with van der Waals surface area (Å²) < 4.78 is 0. The molecule has 0 fully saturated rings. The summed E-state index contributed by atoms with van der Waals surface area (Å²) in [4.78, 5) is 10.7. The summed E-state index contributed by atoms with van der Waals surface area (Å²) in [7, 11) is 0. The number of rotatable bonds is 2. The van der Waals surface area contributed by atoms with E-state index in [1.807, 2.05) is 17.6 Å². The van der Waals surface area contributed by atoms with Crippen molar-refractivity contribution in [1.82, 2.24) is 10.9 Å². The van der Waals surface area contributed by atoms with Crippen molar-refractivity contribution in [3.05, 3.63) is 34.9 Å². The van der Waals surface area contributed by atoms with Gasteiger partial charge in [0.2, 0.25) is 0 Å². The normalized spacial score (nSPS) is 11.0. The van der Waals surface area contributed by atoms with Gasteiger partial charge in [-0.15, -0.1) is 0 Å². The van der Waals surface area contributed by atoms with Crippen LogP contribution in [-0.2, 0) is 0 Å². The minimum atomic E-state index is -0.566. The molecule has 0 aliphatic rings. The molecule has 1 rings (SSSR count). The van der Waals surface area contributed by atoms with E-state index in [0.717, 1.165) is 5.56 Å². The number of benzene rings is 1. The van der Waals surface area contributed by atoms with Crippen molar-refractivity contribution >= 4 is 23.3 Å². The van der Waals surface area contributed by atoms with Gasteiger partial charge in [-0.2, -0.15) is 5.10 Å². The number of hydrazine groups is 1. The van der Waals surface area contributed by atoms with Gasteiger partial charge in [0.05, 0.1) is 5.71 Å². The van der Waals surface area contributed by atoms with Gasteiger partial charge in [-0.3, -0.25) is 5.43 Å². The molecule has 5 nitrogen and oxygen atoms in total. The Kier molecular flexibility index (Phi) is 4.08. The minimum Gasteiger partial charge on any atom is -0.274 e. The molecule has 1 aromatic carbocycles. The maximum Gasteiger partial charge on any atom is 0.349 e. The van der Waals surface area contributed by atoms with Crippen molar-refractivity contribution in [2.75, 3.05) is 0 Å². The van der Waals surface area contributed by atoms with Crippen LogP contribution < -0.4 is 16.7 Å². The van der Waals surface area contributed by atoms with E-state index in [-0.39, 0.29) is 0 Å². The zero-order valence-corrected chi connectivity index (χ0v) is 8.88. The molecule has 80 valence electrons. The molecule has 0 radical (unpaired) electrons. The first-order valence-electron chi connectivity index (χ1n) is 4.20. The van der Waals surface area contributed by atoms with Crippen molar-refractivity contribution in [1.29, 1.82) is 0 Å². The van der Waals surface area contributed by atoms with Crippen molar-refractivity contribution in [3.63, 3.8) is 0 Å². The monoisotopic (exact) mass is 226 g/mol. The highest BCUT2D eigenvalue weighted by Gasteiger charge is 1.98. The lowest BCUT2D eigenvalue weighted by Crippen LogP contribution is -2.37. The number of halogens is 1. The molecule has 0 heterocycles. The zero-order chi connectivity index (χ0) is 11.3. The first kappa shape index (κ1) is 11.5. The highest BCUT2D eigenvalue weighted by atomic mass is 35.5. The Morgan fingerprint density at radius 1 is 1.40 bits per heavy atom. The molecular weight excluding hydrogens is 216 g/mol. The molecule has 0 bridgehead atoms. The van der Waals surface area contributed by atoms with Crippen LogP contribution in [0.2, 0.25) is 5.02 Å². The lowest BCUT2D eigenvalue weighted by molar-refractivity contribution is 0.241.